The number of pyridine rings is 2. The van der Waals surface area contributed by atoms with Crippen LogP contribution in [0.3, 0.4) is 0 Å². The van der Waals surface area contributed by atoms with Crippen LogP contribution in [0.2, 0.25) is 0 Å². The molecule has 1 aliphatic carbocycles. The number of benzene rings is 1. The molecule has 1 aliphatic heterocycles. The van der Waals surface area contributed by atoms with E-state index in [2.05, 4.69) is 28.1 Å². The lowest BCUT2D eigenvalue weighted by molar-refractivity contribution is -0.117. The lowest BCUT2D eigenvalue weighted by Crippen LogP contribution is -2.27. The van der Waals surface area contributed by atoms with Gasteiger partial charge in [-0.3, -0.25) is 14.8 Å². The standard InChI is InChI=1S/C23H25N5O/c24-16-7-9-28(13-16)23-18-2-1-3-20(18)27-21-5-4-14(11-19(21)23)15-6-8-26-17(10-15)12-22(25)29/h4-6,8,10-11,16H,1-3,7,9,12-13,24H2,(H2,25,29)/t16-/m0/s1. The van der Waals surface area contributed by atoms with E-state index in [0.29, 0.717) is 5.69 Å². The zero-order valence-electron chi connectivity index (χ0n) is 16.4. The summed E-state index contributed by atoms with van der Waals surface area (Å²) in [5.74, 6) is -0.374. The van der Waals surface area contributed by atoms with Crippen LogP contribution in [-0.2, 0) is 24.1 Å². The van der Waals surface area contributed by atoms with Gasteiger partial charge in [-0.05, 0) is 66.6 Å². The normalized spacial score (nSPS) is 18.4. The SMILES string of the molecule is NC(=O)Cc1cc(-c2ccc3nc4c(c(N5CC[C@H](N)C5)c3c2)CCC4)ccn1. The van der Waals surface area contributed by atoms with Crippen molar-refractivity contribution in [2.75, 3.05) is 18.0 Å². The van der Waals surface area contributed by atoms with Gasteiger partial charge in [0.1, 0.15) is 0 Å². The number of rotatable bonds is 4. The minimum absolute atomic E-state index is 0.146. The number of carbonyl (C=O) groups excluding carboxylic acids is 1. The lowest BCUT2D eigenvalue weighted by atomic mass is 9.99. The van der Waals surface area contributed by atoms with Crippen LogP contribution in [0.4, 0.5) is 5.69 Å². The van der Waals surface area contributed by atoms with Gasteiger partial charge in [0.05, 0.1) is 23.3 Å². The summed E-state index contributed by atoms with van der Waals surface area (Å²) in [4.78, 5) is 23.0. The summed E-state index contributed by atoms with van der Waals surface area (Å²) < 4.78 is 0. The summed E-state index contributed by atoms with van der Waals surface area (Å²) in [6.45, 7) is 1.89. The molecule has 6 nitrogen and oxygen atoms in total. The van der Waals surface area contributed by atoms with E-state index in [0.717, 1.165) is 49.0 Å². The van der Waals surface area contributed by atoms with E-state index in [1.807, 2.05) is 12.1 Å². The Morgan fingerprint density at radius 2 is 2.03 bits per heavy atom. The smallest absolute Gasteiger partial charge is 0.223 e. The number of anilines is 1. The summed E-state index contributed by atoms with van der Waals surface area (Å²) in [6, 6.07) is 10.6. The molecule has 0 radical (unpaired) electrons. The van der Waals surface area contributed by atoms with Gasteiger partial charge in [0.2, 0.25) is 5.91 Å². The molecular weight excluding hydrogens is 362 g/mol. The van der Waals surface area contributed by atoms with Crippen LogP contribution in [-0.4, -0.2) is 35.0 Å². The van der Waals surface area contributed by atoms with E-state index in [1.165, 1.54) is 28.8 Å². The molecule has 1 aromatic carbocycles. The first-order valence-electron chi connectivity index (χ1n) is 10.3. The zero-order valence-corrected chi connectivity index (χ0v) is 16.4. The monoisotopic (exact) mass is 387 g/mol. The van der Waals surface area contributed by atoms with Crippen molar-refractivity contribution in [1.82, 2.24) is 9.97 Å². The highest BCUT2D eigenvalue weighted by Crippen LogP contribution is 2.39. The van der Waals surface area contributed by atoms with Crippen molar-refractivity contribution in [3.05, 3.63) is 53.5 Å². The fraction of sp³-hybridized carbons (Fsp3) is 0.348. The Balaban J connectivity index is 1.65. The van der Waals surface area contributed by atoms with Crippen LogP contribution in [0.5, 0.6) is 0 Å². The number of primary amides is 1. The van der Waals surface area contributed by atoms with Crippen LogP contribution in [0.15, 0.2) is 36.5 Å². The molecule has 5 rings (SSSR count). The molecule has 29 heavy (non-hydrogen) atoms. The second-order valence-electron chi connectivity index (χ2n) is 8.14. The van der Waals surface area contributed by atoms with Gasteiger partial charge in [-0.25, -0.2) is 0 Å². The Morgan fingerprint density at radius 3 is 2.83 bits per heavy atom. The Kier molecular flexibility index (Phi) is 4.43. The molecule has 2 aromatic heterocycles. The minimum atomic E-state index is -0.374. The van der Waals surface area contributed by atoms with Crippen molar-refractivity contribution in [3.8, 4) is 11.1 Å². The molecule has 0 spiro atoms. The molecule has 0 unspecified atom stereocenters. The van der Waals surface area contributed by atoms with E-state index in [4.69, 9.17) is 16.5 Å². The molecular formula is C23H25N5O. The predicted octanol–water partition coefficient (Wildman–Crippen LogP) is 2.35. The van der Waals surface area contributed by atoms with Crippen molar-refractivity contribution in [2.45, 2.75) is 38.1 Å². The first kappa shape index (κ1) is 18.1. The molecule has 4 N–H and O–H groups in total. The van der Waals surface area contributed by atoms with Crippen molar-refractivity contribution < 1.29 is 4.79 Å². The van der Waals surface area contributed by atoms with E-state index >= 15 is 0 Å². The number of amides is 1. The van der Waals surface area contributed by atoms with Crippen molar-refractivity contribution >= 4 is 22.5 Å². The summed E-state index contributed by atoms with van der Waals surface area (Å²) in [5, 5.41) is 1.19. The molecule has 0 saturated carbocycles. The van der Waals surface area contributed by atoms with Gasteiger partial charge < -0.3 is 16.4 Å². The minimum Gasteiger partial charge on any atom is -0.369 e. The summed E-state index contributed by atoms with van der Waals surface area (Å²) in [6.07, 6.45) is 6.22. The summed E-state index contributed by atoms with van der Waals surface area (Å²) in [7, 11) is 0. The van der Waals surface area contributed by atoms with Crippen molar-refractivity contribution in [3.63, 3.8) is 0 Å². The highest BCUT2D eigenvalue weighted by molar-refractivity contribution is 5.97. The zero-order chi connectivity index (χ0) is 20.0. The number of carbonyl (C=O) groups is 1. The van der Waals surface area contributed by atoms with Crippen LogP contribution in [0.25, 0.3) is 22.0 Å². The summed E-state index contributed by atoms with van der Waals surface area (Å²) >= 11 is 0. The van der Waals surface area contributed by atoms with E-state index in [1.54, 1.807) is 6.20 Å². The maximum Gasteiger partial charge on any atom is 0.223 e. The number of hydrogen-bond acceptors (Lipinski definition) is 5. The number of nitrogens with two attached hydrogens (primary N) is 2. The first-order chi connectivity index (χ1) is 14.1. The Hall–Kier alpha value is -2.99. The van der Waals surface area contributed by atoms with Gasteiger partial charge in [-0.1, -0.05) is 6.07 Å². The van der Waals surface area contributed by atoms with E-state index in [9.17, 15) is 4.79 Å². The number of nitrogens with zero attached hydrogens (tertiary/aromatic N) is 3. The number of fused-ring (bicyclic) bond motifs is 2. The first-order valence-corrected chi connectivity index (χ1v) is 10.3. The van der Waals surface area contributed by atoms with E-state index < -0.39 is 0 Å². The molecule has 1 fully saturated rings. The average molecular weight is 387 g/mol. The predicted molar refractivity (Wildman–Crippen MR) is 115 cm³/mol. The molecule has 1 saturated heterocycles. The Bertz CT molecular complexity index is 1110. The topological polar surface area (TPSA) is 98.1 Å². The molecule has 3 heterocycles. The quantitative estimate of drug-likeness (QED) is 0.716. The van der Waals surface area contributed by atoms with Crippen LogP contribution >= 0.6 is 0 Å². The van der Waals surface area contributed by atoms with Crippen LogP contribution in [0.1, 0.15) is 29.8 Å². The highest BCUT2D eigenvalue weighted by Gasteiger charge is 2.27. The molecule has 148 valence electrons. The van der Waals surface area contributed by atoms with Crippen molar-refractivity contribution in [1.29, 1.82) is 0 Å². The molecule has 1 atom stereocenters. The van der Waals surface area contributed by atoms with Gasteiger partial charge in [0.15, 0.2) is 0 Å². The number of aromatic nitrogens is 2. The fourth-order valence-electron chi connectivity index (χ4n) is 4.70. The second kappa shape index (κ2) is 7.12. The van der Waals surface area contributed by atoms with Crippen LogP contribution < -0.4 is 16.4 Å². The van der Waals surface area contributed by atoms with Crippen LogP contribution in [0, 0.1) is 0 Å². The maximum atomic E-state index is 11.3. The van der Waals surface area contributed by atoms with Gasteiger partial charge in [-0.2, -0.15) is 0 Å². The van der Waals surface area contributed by atoms with E-state index in [-0.39, 0.29) is 18.4 Å². The maximum absolute atomic E-state index is 11.3. The average Bonchev–Trinajstić information content (AvgIpc) is 3.34. The second-order valence-corrected chi connectivity index (χ2v) is 8.14. The van der Waals surface area contributed by atoms with Gasteiger partial charge in [-0.15, -0.1) is 0 Å². The highest BCUT2D eigenvalue weighted by atomic mass is 16.1. The third-order valence-electron chi connectivity index (χ3n) is 6.03. The largest absolute Gasteiger partial charge is 0.369 e. The summed E-state index contributed by atoms with van der Waals surface area (Å²) in [5.41, 5.74) is 19.4. The molecule has 3 aromatic rings. The fourth-order valence-corrected chi connectivity index (χ4v) is 4.70. The van der Waals surface area contributed by atoms with Crippen molar-refractivity contribution in [2.24, 2.45) is 11.5 Å². The third-order valence-corrected chi connectivity index (χ3v) is 6.03. The van der Waals surface area contributed by atoms with Gasteiger partial charge >= 0.3 is 0 Å². The third kappa shape index (κ3) is 3.34. The molecule has 1 amide bonds. The Morgan fingerprint density at radius 1 is 1.17 bits per heavy atom. The van der Waals surface area contributed by atoms with Gasteiger partial charge in [0, 0.05) is 36.4 Å². The molecule has 0 bridgehead atoms. The Labute approximate surface area is 169 Å². The number of hydrogen-bond donors (Lipinski definition) is 2. The van der Waals surface area contributed by atoms with Gasteiger partial charge in [0.25, 0.3) is 0 Å². The lowest BCUT2D eigenvalue weighted by Gasteiger charge is -2.24. The molecule has 2 aliphatic rings. The molecule has 6 heteroatoms. The number of aryl methyl sites for hydroxylation is 1.